The molecule has 8 heavy (non-hydrogen) atoms. The van der Waals surface area contributed by atoms with Crippen LogP contribution >= 0.6 is 23.2 Å². The summed E-state index contributed by atoms with van der Waals surface area (Å²) in [6.07, 6.45) is 0.774. The van der Waals surface area contributed by atoms with Crippen LogP contribution in [0.15, 0.2) is 0 Å². The third-order valence-corrected chi connectivity index (χ3v) is 3.62. The summed E-state index contributed by atoms with van der Waals surface area (Å²) in [5.74, 6) is 0. The lowest BCUT2D eigenvalue weighted by Crippen LogP contribution is -2.33. The molecular formula is C4H11Cl2NSi. The maximum absolute atomic E-state index is 5.78. The Labute approximate surface area is 63.5 Å². The maximum Gasteiger partial charge on any atom is 0.164 e. The monoisotopic (exact) mass is 171 g/mol. The van der Waals surface area contributed by atoms with Crippen molar-refractivity contribution in [3.05, 3.63) is 0 Å². The van der Waals surface area contributed by atoms with Crippen LogP contribution in [0.5, 0.6) is 0 Å². The average Bonchev–Trinajstić information content (AvgIpc) is 1.67. The minimum absolute atomic E-state index is 0.619. The molecule has 0 aromatic heterocycles. The van der Waals surface area contributed by atoms with E-state index in [4.69, 9.17) is 23.2 Å². The fourth-order valence-corrected chi connectivity index (χ4v) is 0.632. The van der Waals surface area contributed by atoms with E-state index in [9.17, 15) is 0 Å². The molecule has 0 saturated carbocycles. The van der Waals surface area contributed by atoms with Gasteiger partial charge in [-0.2, -0.15) is 0 Å². The highest BCUT2D eigenvalue weighted by Gasteiger charge is 2.22. The van der Waals surface area contributed by atoms with Gasteiger partial charge in [-0.3, -0.25) is 0 Å². The molecule has 0 saturated heterocycles. The Morgan fingerprint density at radius 2 is 2.00 bits per heavy atom. The lowest BCUT2D eigenvalue weighted by Gasteiger charge is -2.25. The van der Waals surface area contributed by atoms with Crippen molar-refractivity contribution < 1.29 is 0 Å². The lowest BCUT2D eigenvalue weighted by atomic mass is 10.5. The summed E-state index contributed by atoms with van der Waals surface area (Å²) >= 11 is 11.6. The second-order valence-electron chi connectivity index (χ2n) is 1.91. The Kier molecular flexibility index (Phi) is 3.35. The number of nitrogens with zero attached hydrogens (tertiary/aromatic N) is 1. The zero-order valence-electron chi connectivity index (χ0n) is 5.41. The largest absolute Gasteiger partial charge is 0.306 e. The van der Waals surface area contributed by atoms with Gasteiger partial charge in [0.25, 0.3) is 0 Å². The first-order valence-electron chi connectivity index (χ1n) is 2.56. The van der Waals surface area contributed by atoms with Crippen molar-refractivity contribution in [2.45, 2.75) is 17.8 Å². The van der Waals surface area contributed by atoms with Crippen LogP contribution in [0.3, 0.4) is 0 Å². The van der Waals surface area contributed by atoms with E-state index in [-0.39, 0.29) is 0 Å². The van der Waals surface area contributed by atoms with Gasteiger partial charge >= 0.3 is 0 Å². The summed E-state index contributed by atoms with van der Waals surface area (Å²) in [6.45, 7) is 1.97. The van der Waals surface area contributed by atoms with Crippen LogP contribution in [0.2, 0.25) is 0 Å². The third kappa shape index (κ3) is 2.35. The number of halogens is 2. The van der Waals surface area contributed by atoms with E-state index >= 15 is 0 Å². The molecule has 0 aromatic rings. The van der Waals surface area contributed by atoms with Gasteiger partial charge in [0.2, 0.25) is 0 Å². The van der Waals surface area contributed by atoms with Crippen LogP contribution in [0.1, 0.15) is 13.3 Å². The molecule has 0 spiro atoms. The fourth-order valence-electron chi connectivity index (χ4n) is 0.316. The third-order valence-electron chi connectivity index (χ3n) is 1.08. The molecule has 1 nitrogen and oxygen atoms in total. The van der Waals surface area contributed by atoms with Gasteiger partial charge in [-0.05, 0) is 13.5 Å². The first-order chi connectivity index (χ1) is 3.50. The van der Waals surface area contributed by atoms with Gasteiger partial charge in [-0.1, -0.05) is 30.1 Å². The Morgan fingerprint density at radius 1 is 1.62 bits per heavy atom. The molecule has 0 unspecified atom stereocenters. The zero-order chi connectivity index (χ0) is 6.78. The molecule has 0 rings (SSSR count). The highest BCUT2D eigenvalue weighted by molar-refractivity contribution is 6.49. The van der Waals surface area contributed by atoms with Gasteiger partial charge < -0.3 is 4.57 Å². The van der Waals surface area contributed by atoms with Gasteiger partial charge in [-0.25, -0.2) is 0 Å². The highest BCUT2D eigenvalue weighted by atomic mass is 35.5. The van der Waals surface area contributed by atoms with E-state index in [1.165, 1.54) is 0 Å². The number of hydrogen-bond acceptors (Lipinski definition) is 1. The van der Waals surface area contributed by atoms with Gasteiger partial charge in [0.1, 0.15) is 0 Å². The normalized spacial score (nSPS) is 13.1. The second-order valence-corrected chi connectivity index (χ2v) is 4.70. The van der Waals surface area contributed by atoms with Crippen LogP contribution in [0, 0.1) is 0 Å². The van der Waals surface area contributed by atoms with E-state index in [0.717, 1.165) is 16.8 Å². The highest BCUT2D eigenvalue weighted by Crippen LogP contribution is 2.25. The Bertz CT molecular complexity index is 74.4. The molecule has 0 N–H and O–H groups in total. The first-order valence-corrected chi connectivity index (χ1v) is 4.21. The van der Waals surface area contributed by atoms with Gasteiger partial charge in [-0.15, -0.1) is 0 Å². The molecule has 0 fully saturated rings. The van der Waals surface area contributed by atoms with Crippen LogP contribution in [-0.4, -0.2) is 26.5 Å². The number of alkyl halides is 2. The Hall–Kier alpha value is 0.757. The molecule has 50 valence electrons. The summed E-state index contributed by atoms with van der Waals surface area (Å²) in [5, 5.41) is 0. The van der Waals surface area contributed by atoms with Gasteiger partial charge in [0.15, 0.2) is 4.46 Å². The van der Waals surface area contributed by atoms with E-state index in [1.807, 2.05) is 18.5 Å². The summed E-state index contributed by atoms with van der Waals surface area (Å²) < 4.78 is 1.29. The van der Waals surface area contributed by atoms with Crippen LogP contribution < -0.4 is 0 Å². The summed E-state index contributed by atoms with van der Waals surface area (Å²) in [4.78, 5) is 0. The minimum atomic E-state index is -0.619. The van der Waals surface area contributed by atoms with E-state index < -0.39 is 4.46 Å². The topological polar surface area (TPSA) is 3.24 Å². The lowest BCUT2D eigenvalue weighted by molar-refractivity contribution is 0.442. The SMILES string of the molecule is CCC(Cl)(Cl)N(C)[SiH3]. The van der Waals surface area contributed by atoms with Gasteiger partial charge in [0, 0.05) is 0 Å². The van der Waals surface area contributed by atoms with Crippen molar-refractivity contribution >= 4 is 33.6 Å². The van der Waals surface area contributed by atoms with Gasteiger partial charge in [0.05, 0.1) is 10.4 Å². The van der Waals surface area contributed by atoms with Crippen molar-refractivity contribution in [3.63, 3.8) is 0 Å². The molecule has 0 radical (unpaired) electrons. The van der Waals surface area contributed by atoms with E-state index in [2.05, 4.69) is 0 Å². The summed E-state index contributed by atoms with van der Waals surface area (Å²) in [5.41, 5.74) is 0. The molecule has 0 amide bonds. The molecule has 0 bridgehead atoms. The van der Waals surface area contributed by atoms with Crippen molar-refractivity contribution in [2.75, 3.05) is 7.05 Å². The fraction of sp³-hybridized carbons (Fsp3) is 1.00. The Balaban J connectivity index is 3.71. The standard InChI is InChI=1S/C4H11Cl2NSi/c1-3-4(5,6)7(2)8/h3H2,1-2,8H3. The minimum Gasteiger partial charge on any atom is -0.306 e. The second kappa shape index (κ2) is 3.06. The molecule has 0 aliphatic rings. The number of rotatable bonds is 2. The van der Waals surface area contributed by atoms with Crippen molar-refractivity contribution in [1.29, 1.82) is 0 Å². The predicted octanol–water partition coefficient (Wildman–Crippen LogP) is 0.740. The quantitative estimate of drug-likeness (QED) is 0.337. The van der Waals surface area contributed by atoms with Crippen LogP contribution in [-0.2, 0) is 0 Å². The van der Waals surface area contributed by atoms with Crippen molar-refractivity contribution in [1.82, 2.24) is 4.57 Å². The molecular weight excluding hydrogens is 161 g/mol. The molecule has 4 heteroatoms. The smallest absolute Gasteiger partial charge is 0.164 e. The van der Waals surface area contributed by atoms with Crippen molar-refractivity contribution in [2.24, 2.45) is 0 Å². The number of hydrogen-bond donors (Lipinski definition) is 0. The van der Waals surface area contributed by atoms with Crippen LogP contribution in [0.4, 0.5) is 0 Å². The van der Waals surface area contributed by atoms with E-state index in [1.54, 1.807) is 0 Å². The first kappa shape index (κ1) is 8.76. The Morgan fingerprint density at radius 3 is 2.00 bits per heavy atom. The summed E-state index contributed by atoms with van der Waals surface area (Å²) in [7, 11) is 2.82. The van der Waals surface area contributed by atoms with Crippen molar-refractivity contribution in [3.8, 4) is 0 Å². The molecule has 0 atom stereocenters. The summed E-state index contributed by atoms with van der Waals surface area (Å²) in [6, 6.07) is 0. The average molecular weight is 172 g/mol. The zero-order valence-corrected chi connectivity index (χ0v) is 8.92. The molecule has 0 heterocycles. The van der Waals surface area contributed by atoms with Crippen LogP contribution in [0.25, 0.3) is 0 Å². The predicted molar refractivity (Wildman–Crippen MR) is 42.4 cm³/mol. The van der Waals surface area contributed by atoms with E-state index in [0.29, 0.717) is 0 Å². The molecule has 0 aliphatic heterocycles. The molecule has 0 aromatic carbocycles. The maximum atomic E-state index is 5.78. The molecule has 0 aliphatic carbocycles.